The third kappa shape index (κ3) is 4.20. The van der Waals surface area contributed by atoms with E-state index in [1.165, 1.54) is 24.1 Å². The molecule has 0 aliphatic carbocycles. The van der Waals surface area contributed by atoms with E-state index < -0.39 is 17.7 Å². The van der Waals surface area contributed by atoms with E-state index in [0.717, 1.165) is 5.56 Å². The van der Waals surface area contributed by atoms with Crippen LogP contribution in [-0.2, 0) is 9.59 Å². The summed E-state index contributed by atoms with van der Waals surface area (Å²) in [7, 11) is 1.42. The van der Waals surface area contributed by atoms with Gasteiger partial charge in [0.1, 0.15) is 5.76 Å². The van der Waals surface area contributed by atoms with Gasteiger partial charge in [-0.3, -0.25) is 14.5 Å². The predicted octanol–water partition coefficient (Wildman–Crippen LogP) is 6.59. The molecule has 5 nitrogen and oxygen atoms in total. The average molecular weight is 503 g/mol. The van der Waals surface area contributed by atoms with Crippen LogP contribution in [0.5, 0.6) is 5.75 Å². The van der Waals surface area contributed by atoms with Crippen LogP contribution in [0.4, 0.5) is 5.69 Å². The molecular weight excluding hydrogens is 485 g/mol. The highest BCUT2D eigenvalue weighted by molar-refractivity contribution is 6.52. The molecule has 1 N–H and O–H groups in total. The molecule has 0 spiro atoms. The highest BCUT2D eigenvalue weighted by Crippen LogP contribution is 2.44. The van der Waals surface area contributed by atoms with E-state index in [1.807, 2.05) is 25.1 Å². The van der Waals surface area contributed by atoms with Crippen molar-refractivity contribution in [2.45, 2.75) is 13.0 Å². The van der Waals surface area contributed by atoms with E-state index in [4.69, 9.17) is 39.5 Å². The Hall–Kier alpha value is -2.99. The zero-order chi connectivity index (χ0) is 23.9. The molecular formula is C25H18Cl3NO4. The molecule has 0 bridgehead atoms. The maximum atomic E-state index is 13.2. The standard InChI is InChI=1S/C25H18Cl3NO4/c1-13-4-3-5-14(10-13)21-20(22(30)15-11-18(27)24(33-2)19(28)12-15)23(31)25(32)29(21)17-8-6-16(26)7-9-17/h3-12,21,30H,1-2H3/b22-20+. The molecule has 0 aromatic heterocycles. The molecule has 1 atom stereocenters. The Morgan fingerprint density at radius 2 is 1.61 bits per heavy atom. The monoisotopic (exact) mass is 501 g/mol. The van der Waals surface area contributed by atoms with E-state index in [-0.39, 0.29) is 32.7 Å². The second kappa shape index (κ2) is 9.10. The van der Waals surface area contributed by atoms with Gasteiger partial charge < -0.3 is 9.84 Å². The fourth-order valence-electron chi connectivity index (χ4n) is 3.90. The van der Waals surface area contributed by atoms with Gasteiger partial charge in [0.15, 0.2) is 5.75 Å². The Morgan fingerprint density at radius 3 is 2.18 bits per heavy atom. The number of Topliss-reactive ketones (excluding diaryl/α,β-unsaturated/α-hetero) is 1. The van der Waals surface area contributed by atoms with Crippen LogP contribution in [0.2, 0.25) is 15.1 Å². The van der Waals surface area contributed by atoms with Crippen molar-refractivity contribution in [1.82, 2.24) is 0 Å². The minimum atomic E-state index is -0.870. The maximum absolute atomic E-state index is 13.2. The lowest BCUT2D eigenvalue weighted by Crippen LogP contribution is -2.29. The molecule has 1 heterocycles. The normalized spacial score (nSPS) is 17.5. The zero-order valence-corrected chi connectivity index (χ0v) is 19.9. The predicted molar refractivity (Wildman–Crippen MR) is 130 cm³/mol. The molecule has 1 fully saturated rings. The van der Waals surface area contributed by atoms with Crippen molar-refractivity contribution < 1.29 is 19.4 Å². The van der Waals surface area contributed by atoms with Crippen molar-refractivity contribution in [3.8, 4) is 5.75 Å². The maximum Gasteiger partial charge on any atom is 0.300 e. The lowest BCUT2D eigenvalue weighted by Gasteiger charge is -2.25. The van der Waals surface area contributed by atoms with Crippen LogP contribution in [0.1, 0.15) is 22.7 Å². The summed E-state index contributed by atoms with van der Waals surface area (Å²) < 4.78 is 5.16. The molecule has 1 amide bonds. The topological polar surface area (TPSA) is 66.8 Å². The van der Waals surface area contributed by atoms with Gasteiger partial charge in [0.2, 0.25) is 0 Å². The molecule has 33 heavy (non-hydrogen) atoms. The number of amides is 1. The number of halogens is 3. The second-order valence-corrected chi connectivity index (χ2v) is 8.78. The molecule has 0 radical (unpaired) electrons. The van der Waals surface area contributed by atoms with E-state index in [2.05, 4.69) is 0 Å². The van der Waals surface area contributed by atoms with E-state index in [1.54, 1.807) is 30.3 Å². The van der Waals surface area contributed by atoms with Crippen LogP contribution in [0, 0.1) is 6.92 Å². The third-order valence-electron chi connectivity index (χ3n) is 5.38. The summed E-state index contributed by atoms with van der Waals surface area (Å²) in [6.45, 7) is 1.90. The zero-order valence-electron chi connectivity index (χ0n) is 17.6. The lowest BCUT2D eigenvalue weighted by atomic mass is 9.94. The van der Waals surface area contributed by atoms with Gasteiger partial charge in [-0.1, -0.05) is 64.6 Å². The van der Waals surface area contributed by atoms with Crippen molar-refractivity contribution in [1.29, 1.82) is 0 Å². The van der Waals surface area contributed by atoms with Gasteiger partial charge in [0, 0.05) is 16.3 Å². The molecule has 4 rings (SSSR count). The van der Waals surface area contributed by atoms with E-state index >= 15 is 0 Å². The second-order valence-electron chi connectivity index (χ2n) is 7.53. The van der Waals surface area contributed by atoms with Crippen LogP contribution in [0.25, 0.3) is 5.76 Å². The summed E-state index contributed by atoms with van der Waals surface area (Å²) in [6.07, 6.45) is 0. The summed E-state index contributed by atoms with van der Waals surface area (Å²) in [5.74, 6) is -1.73. The van der Waals surface area contributed by atoms with E-state index in [9.17, 15) is 14.7 Å². The Kier molecular flexibility index (Phi) is 6.39. The van der Waals surface area contributed by atoms with Gasteiger partial charge in [-0.15, -0.1) is 0 Å². The van der Waals surface area contributed by atoms with Gasteiger partial charge in [0.05, 0.1) is 28.8 Å². The van der Waals surface area contributed by atoms with Gasteiger partial charge in [-0.25, -0.2) is 0 Å². The Morgan fingerprint density at radius 1 is 0.970 bits per heavy atom. The molecule has 168 valence electrons. The number of aryl methyl sites for hydroxylation is 1. The lowest BCUT2D eigenvalue weighted by molar-refractivity contribution is -0.132. The van der Waals surface area contributed by atoms with Gasteiger partial charge in [-0.05, 0) is 48.9 Å². The van der Waals surface area contributed by atoms with Gasteiger partial charge >= 0.3 is 0 Å². The number of carbonyl (C=O) groups is 2. The minimum Gasteiger partial charge on any atom is -0.507 e. The summed E-state index contributed by atoms with van der Waals surface area (Å²) >= 11 is 18.5. The number of ether oxygens (including phenoxy) is 1. The largest absolute Gasteiger partial charge is 0.507 e. The number of hydrogen-bond donors (Lipinski definition) is 1. The number of nitrogens with zero attached hydrogens (tertiary/aromatic N) is 1. The fourth-order valence-corrected chi connectivity index (χ4v) is 4.67. The Bertz CT molecular complexity index is 1280. The van der Waals surface area contributed by atoms with Crippen LogP contribution >= 0.6 is 34.8 Å². The number of benzene rings is 3. The average Bonchev–Trinajstić information content (AvgIpc) is 3.04. The summed E-state index contributed by atoms with van der Waals surface area (Å²) in [5.41, 5.74) is 2.19. The number of anilines is 1. The minimum absolute atomic E-state index is 0.0714. The number of carbonyl (C=O) groups excluding carboxylic acids is 2. The van der Waals surface area contributed by atoms with Gasteiger partial charge in [-0.2, -0.15) is 0 Å². The molecule has 1 aliphatic rings. The van der Waals surface area contributed by atoms with E-state index in [0.29, 0.717) is 16.3 Å². The van der Waals surface area contributed by atoms with Crippen LogP contribution in [0.15, 0.2) is 66.2 Å². The van der Waals surface area contributed by atoms with Crippen molar-refractivity contribution >= 4 is 57.9 Å². The first-order valence-electron chi connectivity index (χ1n) is 9.89. The fraction of sp³-hybridized carbons (Fsp3) is 0.120. The molecule has 3 aromatic carbocycles. The highest BCUT2D eigenvalue weighted by Gasteiger charge is 2.47. The summed E-state index contributed by atoms with van der Waals surface area (Å²) in [4.78, 5) is 27.7. The number of aliphatic hydroxyl groups is 1. The van der Waals surface area contributed by atoms with Crippen molar-refractivity contribution in [2.75, 3.05) is 12.0 Å². The third-order valence-corrected chi connectivity index (χ3v) is 6.20. The van der Waals surface area contributed by atoms with Crippen molar-refractivity contribution in [3.05, 3.63) is 98.0 Å². The van der Waals surface area contributed by atoms with Crippen molar-refractivity contribution in [2.24, 2.45) is 0 Å². The van der Waals surface area contributed by atoms with Crippen LogP contribution in [0.3, 0.4) is 0 Å². The molecule has 1 saturated heterocycles. The number of methoxy groups -OCH3 is 1. The smallest absolute Gasteiger partial charge is 0.300 e. The Balaban J connectivity index is 1.96. The Labute approximate surface area is 205 Å². The first-order chi connectivity index (χ1) is 15.7. The number of ketones is 1. The molecule has 0 saturated carbocycles. The SMILES string of the molecule is COc1c(Cl)cc(/C(O)=C2\C(=O)C(=O)N(c3ccc(Cl)cc3)C2c2cccc(C)c2)cc1Cl. The number of hydrogen-bond acceptors (Lipinski definition) is 4. The molecule has 1 unspecified atom stereocenters. The summed E-state index contributed by atoms with van der Waals surface area (Å²) in [5, 5.41) is 12.0. The summed E-state index contributed by atoms with van der Waals surface area (Å²) in [6, 6.07) is 16.0. The number of aliphatic hydroxyl groups excluding tert-OH is 1. The first-order valence-corrected chi connectivity index (χ1v) is 11.0. The highest BCUT2D eigenvalue weighted by atomic mass is 35.5. The van der Waals surface area contributed by atoms with Crippen LogP contribution in [-0.4, -0.2) is 23.9 Å². The molecule has 8 heteroatoms. The van der Waals surface area contributed by atoms with Gasteiger partial charge in [0.25, 0.3) is 11.7 Å². The molecule has 1 aliphatic heterocycles. The number of rotatable bonds is 4. The molecule has 3 aromatic rings. The first kappa shape index (κ1) is 23.2. The van der Waals surface area contributed by atoms with Crippen LogP contribution < -0.4 is 9.64 Å². The van der Waals surface area contributed by atoms with Crippen molar-refractivity contribution in [3.63, 3.8) is 0 Å². The quantitative estimate of drug-likeness (QED) is 0.248.